The van der Waals surface area contributed by atoms with Gasteiger partial charge < -0.3 is 5.32 Å². The number of nitrogens with one attached hydrogen (secondary N) is 1. The van der Waals surface area contributed by atoms with Crippen molar-refractivity contribution < 1.29 is 17.6 Å². The molecule has 0 saturated carbocycles. The Labute approximate surface area is 128 Å². The molecule has 2 aromatic rings. The van der Waals surface area contributed by atoms with E-state index in [4.69, 9.17) is 5.14 Å². The Balaban J connectivity index is 2.03. The van der Waals surface area contributed by atoms with Gasteiger partial charge in [0.1, 0.15) is 5.82 Å². The molecule has 0 bridgehead atoms. The van der Waals surface area contributed by atoms with E-state index in [0.29, 0.717) is 11.1 Å². The van der Waals surface area contributed by atoms with Gasteiger partial charge in [0.05, 0.1) is 4.90 Å². The van der Waals surface area contributed by atoms with Crippen molar-refractivity contribution in [2.75, 3.05) is 0 Å². The zero-order chi connectivity index (χ0) is 16.3. The molecule has 0 atom stereocenters. The maximum atomic E-state index is 13.2. The van der Waals surface area contributed by atoms with Gasteiger partial charge in [0.25, 0.3) is 5.91 Å². The molecular weight excluding hydrogens is 307 g/mol. The lowest BCUT2D eigenvalue weighted by Gasteiger charge is -2.07. The van der Waals surface area contributed by atoms with Crippen molar-refractivity contribution in [2.45, 2.75) is 18.4 Å². The van der Waals surface area contributed by atoms with Crippen molar-refractivity contribution in [3.8, 4) is 0 Å². The van der Waals surface area contributed by atoms with Gasteiger partial charge in [-0.2, -0.15) is 0 Å². The molecule has 2 rings (SSSR count). The minimum absolute atomic E-state index is 0.0109. The van der Waals surface area contributed by atoms with Crippen LogP contribution in [0.2, 0.25) is 0 Å². The Kier molecular flexibility index (Phi) is 4.58. The Morgan fingerprint density at radius 2 is 1.82 bits per heavy atom. The highest BCUT2D eigenvalue weighted by Crippen LogP contribution is 2.11. The largest absolute Gasteiger partial charge is 0.348 e. The highest BCUT2D eigenvalue weighted by molar-refractivity contribution is 7.89. The quantitative estimate of drug-likeness (QED) is 0.898. The third-order valence-electron chi connectivity index (χ3n) is 3.13. The molecule has 0 radical (unpaired) electrons. The Hall–Kier alpha value is -2.25. The smallest absolute Gasteiger partial charge is 0.251 e. The lowest BCUT2D eigenvalue weighted by molar-refractivity contribution is 0.0950. The lowest BCUT2D eigenvalue weighted by atomic mass is 10.1. The van der Waals surface area contributed by atoms with Gasteiger partial charge in [-0.1, -0.05) is 12.1 Å². The van der Waals surface area contributed by atoms with E-state index in [1.807, 2.05) is 0 Å². The predicted molar refractivity (Wildman–Crippen MR) is 80.1 cm³/mol. The first-order chi connectivity index (χ1) is 10.3. The lowest BCUT2D eigenvalue weighted by Crippen LogP contribution is -2.23. The molecule has 0 fully saturated rings. The summed E-state index contributed by atoms with van der Waals surface area (Å²) in [6, 6.07) is 9.99. The van der Waals surface area contributed by atoms with E-state index in [9.17, 15) is 17.6 Å². The summed E-state index contributed by atoms with van der Waals surface area (Å²) in [5, 5.41) is 7.68. The first-order valence-electron chi connectivity index (χ1n) is 6.43. The van der Waals surface area contributed by atoms with Gasteiger partial charge in [-0.3, -0.25) is 4.79 Å². The molecule has 0 aromatic heterocycles. The van der Waals surface area contributed by atoms with Crippen molar-refractivity contribution >= 4 is 15.9 Å². The molecule has 0 heterocycles. The Morgan fingerprint density at radius 3 is 2.36 bits per heavy atom. The first kappa shape index (κ1) is 16.1. The van der Waals surface area contributed by atoms with Crippen LogP contribution >= 0.6 is 0 Å². The predicted octanol–water partition coefficient (Wildman–Crippen LogP) is 1.71. The second-order valence-electron chi connectivity index (χ2n) is 4.84. The molecule has 0 aliphatic carbocycles. The number of amides is 1. The van der Waals surface area contributed by atoms with Crippen LogP contribution in [0.5, 0.6) is 0 Å². The van der Waals surface area contributed by atoms with E-state index in [-0.39, 0.29) is 23.2 Å². The number of benzene rings is 2. The van der Waals surface area contributed by atoms with Crippen molar-refractivity contribution in [3.05, 3.63) is 65.0 Å². The van der Waals surface area contributed by atoms with E-state index in [0.717, 1.165) is 5.56 Å². The second kappa shape index (κ2) is 6.25. The summed E-state index contributed by atoms with van der Waals surface area (Å²) in [6.45, 7) is 1.80. The molecule has 0 aliphatic rings. The number of hydrogen-bond donors (Lipinski definition) is 2. The number of hydrogen-bond acceptors (Lipinski definition) is 3. The molecule has 2 aromatic carbocycles. The third kappa shape index (κ3) is 3.90. The number of primary sulfonamides is 1. The maximum absolute atomic E-state index is 13.2. The van der Waals surface area contributed by atoms with Crippen LogP contribution in [0.1, 0.15) is 21.5 Å². The summed E-state index contributed by atoms with van der Waals surface area (Å²) in [5.41, 5.74) is 1.48. The van der Waals surface area contributed by atoms with Crippen LogP contribution < -0.4 is 10.5 Å². The van der Waals surface area contributed by atoms with Gasteiger partial charge in [0.15, 0.2) is 0 Å². The summed E-state index contributed by atoms with van der Waals surface area (Å²) >= 11 is 0. The average molecular weight is 322 g/mol. The van der Waals surface area contributed by atoms with Crippen LogP contribution in [0.15, 0.2) is 47.4 Å². The first-order valence-corrected chi connectivity index (χ1v) is 7.98. The molecule has 116 valence electrons. The fourth-order valence-corrected chi connectivity index (χ4v) is 2.38. The van der Waals surface area contributed by atoms with Gasteiger partial charge in [0.2, 0.25) is 10.0 Å². The average Bonchev–Trinajstić information content (AvgIpc) is 2.47. The zero-order valence-electron chi connectivity index (χ0n) is 11.8. The van der Waals surface area contributed by atoms with E-state index >= 15 is 0 Å². The fraction of sp³-hybridized carbons (Fsp3) is 0.133. The molecule has 0 unspecified atom stereocenters. The number of aryl methyl sites for hydroxylation is 1. The fourth-order valence-electron chi connectivity index (χ4n) is 1.87. The molecule has 22 heavy (non-hydrogen) atoms. The highest BCUT2D eigenvalue weighted by Gasteiger charge is 2.09. The van der Waals surface area contributed by atoms with Crippen LogP contribution in [0, 0.1) is 12.7 Å². The molecule has 0 saturated heterocycles. The van der Waals surface area contributed by atoms with Crippen LogP contribution in [0.25, 0.3) is 0 Å². The third-order valence-corrected chi connectivity index (χ3v) is 4.05. The summed E-state index contributed by atoms with van der Waals surface area (Å²) < 4.78 is 35.4. The summed E-state index contributed by atoms with van der Waals surface area (Å²) in [5.74, 6) is -0.700. The summed E-state index contributed by atoms with van der Waals surface area (Å²) in [4.78, 5) is 12.0. The Morgan fingerprint density at radius 1 is 1.18 bits per heavy atom. The number of carbonyl (C=O) groups excluding carboxylic acids is 1. The van der Waals surface area contributed by atoms with Crippen molar-refractivity contribution in [3.63, 3.8) is 0 Å². The standard InChI is InChI=1S/C15H15FN2O3S/c1-10-8-12(4-7-14(10)16)15(19)18-9-11-2-5-13(6-3-11)22(17,20)21/h2-8H,9H2,1H3,(H,18,19)(H2,17,20,21). The number of sulfonamides is 1. The van der Waals surface area contributed by atoms with Crippen molar-refractivity contribution in [2.24, 2.45) is 5.14 Å². The maximum Gasteiger partial charge on any atom is 0.251 e. The number of rotatable bonds is 4. The number of carbonyl (C=O) groups is 1. The molecule has 3 N–H and O–H groups in total. The topological polar surface area (TPSA) is 89.3 Å². The normalized spacial score (nSPS) is 11.2. The molecule has 7 heteroatoms. The minimum Gasteiger partial charge on any atom is -0.348 e. The van der Waals surface area contributed by atoms with E-state index < -0.39 is 10.0 Å². The zero-order valence-corrected chi connectivity index (χ0v) is 12.7. The van der Waals surface area contributed by atoms with E-state index in [1.54, 1.807) is 19.1 Å². The number of nitrogens with two attached hydrogens (primary N) is 1. The van der Waals surface area contributed by atoms with Crippen LogP contribution in [-0.4, -0.2) is 14.3 Å². The minimum atomic E-state index is -3.73. The molecule has 1 amide bonds. The van der Waals surface area contributed by atoms with Crippen LogP contribution in [0.4, 0.5) is 4.39 Å². The summed E-state index contributed by atoms with van der Waals surface area (Å²) in [7, 11) is -3.73. The SMILES string of the molecule is Cc1cc(C(=O)NCc2ccc(S(N)(=O)=O)cc2)ccc1F. The molecule has 0 spiro atoms. The number of halogens is 1. The van der Waals surface area contributed by atoms with Crippen molar-refractivity contribution in [1.82, 2.24) is 5.32 Å². The molecular formula is C15H15FN2O3S. The van der Waals surface area contributed by atoms with Crippen LogP contribution in [-0.2, 0) is 16.6 Å². The molecule has 5 nitrogen and oxygen atoms in total. The van der Waals surface area contributed by atoms with Gasteiger partial charge >= 0.3 is 0 Å². The van der Waals surface area contributed by atoms with E-state index in [1.165, 1.54) is 30.3 Å². The summed E-state index contributed by atoms with van der Waals surface area (Å²) in [6.07, 6.45) is 0. The Bertz CT molecular complexity index is 802. The van der Waals surface area contributed by atoms with Crippen LogP contribution in [0.3, 0.4) is 0 Å². The van der Waals surface area contributed by atoms with E-state index in [2.05, 4.69) is 5.32 Å². The van der Waals surface area contributed by atoms with Gasteiger partial charge in [-0.25, -0.2) is 17.9 Å². The van der Waals surface area contributed by atoms with Gasteiger partial charge in [-0.05, 0) is 48.4 Å². The monoisotopic (exact) mass is 322 g/mol. The molecule has 0 aliphatic heterocycles. The highest BCUT2D eigenvalue weighted by atomic mass is 32.2. The second-order valence-corrected chi connectivity index (χ2v) is 6.40. The van der Waals surface area contributed by atoms with Crippen molar-refractivity contribution in [1.29, 1.82) is 0 Å². The van der Waals surface area contributed by atoms with Gasteiger partial charge in [0, 0.05) is 12.1 Å². The van der Waals surface area contributed by atoms with Gasteiger partial charge in [-0.15, -0.1) is 0 Å².